The van der Waals surface area contributed by atoms with Crippen LogP contribution in [0.3, 0.4) is 0 Å². The zero-order valence-electron chi connectivity index (χ0n) is 27.0. The van der Waals surface area contributed by atoms with Crippen LogP contribution < -0.4 is 10.2 Å². The van der Waals surface area contributed by atoms with Gasteiger partial charge in [0.05, 0.1) is 11.7 Å². The highest BCUT2D eigenvalue weighted by Crippen LogP contribution is 2.34. The molecular formula is C34H49N5O4. The third-order valence-corrected chi connectivity index (χ3v) is 8.38. The first-order chi connectivity index (χ1) is 20.3. The van der Waals surface area contributed by atoms with Crippen molar-refractivity contribution in [1.29, 1.82) is 0 Å². The van der Waals surface area contributed by atoms with Crippen LogP contribution in [0.1, 0.15) is 88.4 Å². The van der Waals surface area contributed by atoms with Crippen molar-refractivity contribution in [2.24, 2.45) is 0 Å². The molecule has 2 aliphatic heterocycles. The van der Waals surface area contributed by atoms with E-state index in [1.807, 2.05) is 52.6 Å². The fourth-order valence-electron chi connectivity index (χ4n) is 6.40. The minimum absolute atomic E-state index is 0.0672. The molecule has 43 heavy (non-hydrogen) atoms. The van der Waals surface area contributed by atoms with Crippen LogP contribution in [0.2, 0.25) is 0 Å². The summed E-state index contributed by atoms with van der Waals surface area (Å²) in [5.41, 5.74) is 6.19. The summed E-state index contributed by atoms with van der Waals surface area (Å²) in [6, 6.07) is 8.74. The van der Waals surface area contributed by atoms with Crippen LogP contribution in [0.15, 0.2) is 30.5 Å². The summed E-state index contributed by atoms with van der Waals surface area (Å²) in [5, 5.41) is 3.80. The number of nitrogens with one attached hydrogen (secondary N) is 1. The smallest absolute Gasteiger partial charge is 0.410 e. The number of hydrogen-bond acceptors (Lipinski definition) is 7. The molecule has 1 unspecified atom stereocenters. The molecular weight excluding hydrogens is 542 g/mol. The van der Waals surface area contributed by atoms with Crippen LogP contribution in [0.4, 0.5) is 15.3 Å². The molecule has 5 rings (SSSR count). The van der Waals surface area contributed by atoms with Gasteiger partial charge in [-0.05, 0) is 102 Å². The highest BCUT2D eigenvalue weighted by Gasteiger charge is 2.36. The number of anilines is 1. The van der Waals surface area contributed by atoms with Crippen molar-refractivity contribution in [2.45, 2.75) is 104 Å². The first-order valence-electron chi connectivity index (χ1n) is 15.8. The molecule has 1 N–H and O–H groups in total. The molecule has 3 aliphatic rings. The van der Waals surface area contributed by atoms with Gasteiger partial charge >= 0.3 is 12.2 Å². The van der Waals surface area contributed by atoms with Gasteiger partial charge in [0, 0.05) is 57.2 Å². The second kappa shape index (κ2) is 12.3. The fraction of sp³-hybridized carbons (Fsp3) is 0.618. The van der Waals surface area contributed by atoms with Crippen LogP contribution in [0.25, 0.3) is 0 Å². The van der Waals surface area contributed by atoms with Crippen molar-refractivity contribution >= 4 is 17.9 Å². The van der Waals surface area contributed by atoms with E-state index >= 15 is 0 Å². The number of aromatic nitrogens is 1. The number of pyridine rings is 1. The van der Waals surface area contributed by atoms with E-state index in [-0.39, 0.29) is 24.3 Å². The van der Waals surface area contributed by atoms with Gasteiger partial charge in [0.2, 0.25) is 0 Å². The predicted octanol–water partition coefficient (Wildman–Crippen LogP) is 5.78. The highest BCUT2D eigenvalue weighted by molar-refractivity contribution is 5.71. The third kappa shape index (κ3) is 7.61. The van der Waals surface area contributed by atoms with Crippen LogP contribution in [0, 0.1) is 6.92 Å². The molecule has 1 aliphatic carbocycles. The fourth-order valence-corrected chi connectivity index (χ4v) is 6.40. The Morgan fingerprint density at radius 3 is 2.37 bits per heavy atom. The number of hydrogen-bond donors (Lipinski definition) is 1. The number of carbonyl (C=O) groups excluding carboxylic acids is 2. The van der Waals surface area contributed by atoms with Gasteiger partial charge in [-0.3, -0.25) is 9.88 Å². The normalized spacial score (nSPS) is 20.8. The number of amides is 2. The SMILES string of the molecule is Cc1cnc2c(c1)CCC[C@@H]2NCC1Cc2c(cccc2N2CCN(C(=O)OC(C)(C)C)CC2)CN1C(=O)OC(C)(C)C. The van der Waals surface area contributed by atoms with Crippen LogP contribution in [-0.4, -0.2) is 76.9 Å². The van der Waals surface area contributed by atoms with Crippen molar-refractivity contribution in [3.63, 3.8) is 0 Å². The van der Waals surface area contributed by atoms with Crippen molar-refractivity contribution in [3.8, 4) is 0 Å². The molecule has 2 amide bonds. The maximum absolute atomic E-state index is 13.5. The Hall–Kier alpha value is -3.33. The van der Waals surface area contributed by atoms with Gasteiger partial charge in [-0.25, -0.2) is 9.59 Å². The highest BCUT2D eigenvalue weighted by atomic mass is 16.6. The molecule has 2 aromatic rings. The minimum atomic E-state index is -0.574. The average molecular weight is 592 g/mol. The molecule has 1 fully saturated rings. The Kier molecular flexibility index (Phi) is 8.93. The number of nitrogens with zero attached hydrogens (tertiary/aromatic N) is 4. The molecule has 2 atom stereocenters. The van der Waals surface area contributed by atoms with E-state index in [0.717, 1.165) is 50.0 Å². The van der Waals surface area contributed by atoms with Gasteiger partial charge in [0.15, 0.2) is 0 Å². The number of benzene rings is 1. The molecule has 0 saturated carbocycles. The standard InChI is InChI=1S/C34H49N5O4/c1-23-18-24-10-8-12-28(30(24)36-20-23)35-21-26-19-27-25(22-39(26)32(41)43-34(5,6)7)11-9-13-29(27)37-14-16-38(17-15-37)31(40)42-33(2,3)4/h9,11,13,18,20,26,28,35H,8,10,12,14-17,19,21-22H2,1-7H3/t26?,28-/m0/s1. The lowest BCUT2D eigenvalue weighted by atomic mass is 9.89. The largest absolute Gasteiger partial charge is 0.444 e. The lowest BCUT2D eigenvalue weighted by Crippen LogP contribution is -2.52. The molecule has 9 nitrogen and oxygen atoms in total. The van der Waals surface area contributed by atoms with Gasteiger partial charge in [0.1, 0.15) is 11.2 Å². The zero-order valence-corrected chi connectivity index (χ0v) is 27.0. The predicted molar refractivity (Wildman–Crippen MR) is 168 cm³/mol. The first kappa shape index (κ1) is 31.1. The molecule has 1 aromatic carbocycles. The Balaban J connectivity index is 1.34. The third-order valence-electron chi connectivity index (χ3n) is 8.38. The summed E-state index contributed by atoms with van der Waals surface area (Å²) in [6.45, 7) is 17.4. The van der Waals surface area contributed by atoms with E-state index in [2.05, 4.69) is 41.4 Å². The van der Waals surface area contributed by atoms with Crippen molar-refractivity contribution in [2.75, 3.05) is 37.6 Å². The van der Waals surface area contributed by atoms with Gasteiger partial charge in [-0.15, -0.1) is 0 Å². The van der Waals surface area contributed by atoms with Crippen molar-refractivity contribution in [3.05, 3.63) is 58.4 Å². The number of fused-ring (bicyclic) bond motifs is 2. The summed E-state index contributed by atoms with van der Waals surface area (Å²) in [7, 11) is 0. The van der Waals surface area contributed by atoms with Crippen LogP contribution >= 0.6 is 0 Å². The quantitative estimate of drug-likeness (QED) is 0.483. The van der Waals surface area contributed by atoms with E-state index in [1.54, 1.807) is 4.90 Å². The van der Waals surface area contributed by atoms with Crippen molar-refractivity contribution < 1.29 is 19.1 Å². The van der Waals surface area contributed by atoms with E-state index in [9.17, 15) is 9.59 Å². The summed E-state index contributed by atoms with van der Waals surface area (Å²) in [4.78, 5) is 37.0. The van der Waals surface area contributed by atoms with E-state index in [4.69, 9.17) is 14.5 Å². The van der Waals surface area contributed by atoms with Gasteiger partial charge in [-0.2, -0.15) is 0 Å². The van der Waals surface area contributed by atoms with E-state index < -0.39 is 11.2 Å². The second-order valence-corrected chi connectivity index (χ2v) is 14.2. The zero-order chi connectivity index (χ0) is 30.9. The van der Waals surface area contributed by atoms with Crippen LogP contribution in [-0.2, 0) is 28.9 Å². The molecule has 1 saturated heterocycles. The number of ether oxygens (including phenoxy) is 2. The van der Waals surface area contributed by atoms with Crippen LogP contribution in [0.5, 0.6) is 0 Å². The van der Waals surface area contributed by atoms with Gasteiger partial charge in [0.25, 0.3) is 0 Å². The van der Waals surface area contributed by atoms with E-state index in [1.165, 1.54) is 22.4 Å². The molecule has 1 aromatic heterocycles. The molecule has 3 heterocycles. The Bertz CT molecular complexity index is 1320. The topological polar surface area (TPSA) is 87.2 Å². The molecule has 0 radical (unpaired) electrons. The molecule has 0 bridgehead atoms. The Labute approximate surface area is 256 Å². The Morgan fingerprint density at radius 1 is 0.977 bits per heavy atom. The number of carbonyl (C=O) groups is 2. The maximum Gasteiger partial charge on any atom is 0.410 e. The van der Waals surface area contributed by atoms with Gasteiger partial charge < -0.3 is 24.6 Å². The monoisotopic (exact) mass is 591 g/mol. The average Bonchev–Trinajstić information content (AvgIpc) is 2.93. The molecule has 9 heteroatoms. The lowest BCUT2D eigenvalue weighted by molar-refractivity contribution is 0.0116. The first-order valence-corrected chi connectivity index (χ1v) is 15.8. The molecule has 0 spiro atoms. The second-order valence-electron chi connectivity index (χ2n) is 14.2. The number of aryl methyl sites for hydroxylation is 2. The maximum atomic E-state index is 13.5. The minimum Gasteiger partial charge on any atom is -0.444 e. The lowest BCUT2D eigenvalue weighted by Gasteiger charge is -2.42. The summed E-state index contributed by atoms with van der Waals surface area (Å²) in [5.74, 6) is 0. The molecule has 234 valence electrons. The van der Waals surface area contributed by atoms with Crippen molar-refractivity contribution in [1.82, 2.24) is 20.1 Å². The summed E-state index contributed by atoms with van der Waals surface area (Å²) < 4.78 is 11.5. The van der Waals surface area contributed by atoms with E-state index in [0.29, 0.717) is 26.2 Å². The summed E-state index contributed by atoms with van der Waals surface area (Å²) in [6.07, 6.45) is 5.37. The summed E-state index contributed by atoms with van der Waals surface area (Å²) >= 11 is 0. The van der Waals surface area contributed by atoms with Gasteiger partial charge in [-0.1, -0.05) is 18.2 Å². The Morgan fingerprint density at radius 2 is 1.67 bits per heavy atom. The number of piperazine rings is 1. The number of rotatable bonds is 4.